The lowest BCUT2D eigenvalue weighted by Crippen LogP contribution is -2.13. The van der Waals surface area contributed by atoms with Gasteiger partial charge in [0.05, 0.1) is 5.25 Å². The highest BCUT2D eigenvalue weighted by Gasteiger charge is 2.20. The Morgan fingerprint density at radius 1 is 1.12 bits per heavy atom. The summed E-state index contributed by atoms with van der Waals surface area (Å²) in [6.07, 6.45) is 0.953. The number of thioether (sulfide) groups is 1. The quantitative estimate of drug-likeness (QED) is 0.433. The van der Waals surface area contributed by atoms with E-state index >= 15 is 0 Å². The molecule has 4 nitrogen and oxygen atoms in total. The monoisotopic (exact) mass is 372 g/mol. The largest absolute Gasteiger partial charge is 0.411 e. The number of aromatic nitrogens is 2. The van der Waals surface area contributed by atoms with Gasteiger partial charge in [-0.15, -0.1) is 10.2 Å². The fraction of sp³-hybridized carbons (Fsp3) is 0.211. The van der Waals surface area contributed by atoms with Gasteiger partial charge >= 0.3 is 0 Å². The zero-order chi connectivity index (χ0) is 17.8. The summed E-state index contributed by atoms with van der Waals surface area (Å²) >= 11 is 7.14. The zero-order valence-electron chi connectivity index (χ0n) is 13.9. The number of carbonyl (C=O) groups excluding carboxylic acids is 1. The van der Waals surface area contributed by atoms with Gasteiger partial charge in [-0.3, -0.25) is 4.79 Å². The van der Waals surface area contributed by atoms with Crippen molar-refractivity contribution in [2.75, 3.05) is 0 Å². The molecular formula is C19H17ClN2O2S. The number of rotatable bonds is 6. The Labute approximate surface area is 155 Å². The predicted molar refractivity (Wildman–Crippen MR) is 100 cm³/mol. The third kappa shape index (κ3) is 4.30. The van der Waals surface area contributed by atoms with Crippen molar-refractivity contribution in [1.82, 2.24) is 10.2 Å². The zero-order valence-corrected chi connectivity index (χ0v) is 15.5. The molecule has 0 spiro atoms. The molecule has 3 rings (SSSR count). The van der Waals surface area contributed by atoms with Gasteiger partial charge in [-0.05, 0) is 43.2 Å². The van der Waals surface area contributed by atoms with Crippen LogP contribution in [0.15, 0.2) is 58.2 Å². The highest BCUT2D eigenvalue weighted by atomic mass is 35.5. The van der Waals surface area contributed by atoms with Crippen molar-refractivity contribution >= 4 is 29.1 Å². The molecule has 1 aromatic heterocycles. The fourth-order valence-electron chi connectivity index (χ4n) is 2.31. The smallest absolute Gasteiger partial charge is 0.277 e. The summed E-state index contributed by atoms with van der Waals surface area (Å²) in [7, 11) is 0. The Bertz CT molecular complexity index is 860. The molecule has 0 radical (unpaired) electrons. The lowest BCUT2D eigenvalue weighted by atomic mass is 10.1. The van der Waals surface area contributed by atoms with Gasteiger partial charge in [0.25, 0.3) is 5.22 Å². The normalized spacial score (nSPS) is 12.1. The van der Waals surface area contributed by atoms with Crippen molar-refractivity contribution in [3.05, 3.63) is 64.7 Å². The minimum Gasteiger partial charge on any atom is -0.411 e. The Hall–Kier alpha value is -2.11. The maximum atomic E-state index is 12.5. The molecule has 0 saturated carbocycles. The first-order chi connectivity index (χ1) is 12.1. The molecular weight excluding hydrogens is 356 g/mol. The van der Waals surface area contributed by atoms with Gasteiger partial charge in [0.15, 0.2) is 5.78 Å². The molecule has 0 amide bonds. The van der Waals surface area contributed by atoms with E-state index in [4.69, 9.17) is 16.0 Å². The molecule has 6 heteroatoms. The summed E-state index contributed by atoms with van der Waals surface area (Å²) in [5.74, 6) is 0.449. The number of aryl methyl sites for hydroxylation is 1. The number of hydrogen-bond donors (Lipinski definition) is 0. The second-order valence-electron chi connectivity index (χ2n) is 5.55. The molecule has 25 heavy (non-hydrogen) atoms. The number of hydrogen-bond acceptors (Lipinski definition) is 5. The number of benzene rings is 2. The van der Waals surface area contributed by atoms with E-state index in [9.17, 15) is 4.79 Å². The summed E-state index contributed by atoms with van der Waals surface area (Å²) in [6, 6.07) is 14.9. The van der Waals surface area contributed by atoms with E-state index in [1.807, 2.05) is 43.3 Å². The summed E-state index contributed by atoms with van der Waals surface area (Å²) in [5.41, 5.74) is 2.69. The Morgan fingerprint density at radius 2 is 1.80 bits per heavy atom. The standard InChI is InChI=1S/C19H17ClN2O2S/c1-3-13-4-6-14(7-5-13)17(23)12(2)25-19-22-21-18(24-19)15-8-10-16(20)11-9-15/h4-12H,3H2,1-2H3/t12-/m1/s1. The lowest BCUT2D eigenvalue weighted by Gasteiger charge is -2.08. The van der Waals surface area contributed by atoms with Crippen molar-refractivity contribution in [3.63, 3.8) is 0 Å². The van der Waals surface area contributed by atoms with Crippen LogP contribution in [0, 0.1) is 0 Å². The van der Waals surface area contributed by atoms with Crippen LogP contribution in [0.3, 0.4) is 0 Å². The summed E-state index contributed by atoms with van der Waals surface area (Å²) < 4.78 is 5.65. The summed E-state index contributed by atoms with van der Waals surface area (Å²) in [4.78, 5) is 12.5. The molecule has 0 aliphatic heterocycles. The molecule has 0 fully saturated rings. The molecule has 3 aromatic rings. The summed E-state index contributed by atoms with van der Waals surface area (Å²) in [5, 5.41) is 8.75. The third-order valence-corrected chi connectivity index (χ3v) is 4.98. The van der Waals surface area contributed by atoms with Crippen LogP contribution in [-0.4, -0.2) is 21.2 Å². The molecule has 0 N–H and O–H groups in total. The van der Waals surface area contributed by atoms with Crippen LogP contribution in [0.4, 0.5) is 0 Å². The maximum Gasteiger partial charge on any atom is 0.277 e. The molecule has 1 atom stereocenters. The third-order valence-electron chi connectivity index (χ3n) is 3.79. The van der Waals surface area contributed by atoms with Gasteiger partial charge in [0, 0.05) is 16.1 Å². The van der Waals surface area contributed by atoms with Gasteiger partial charge < -0.3 is 4.42 Å². The van der Waals surface area contributed by atoms with Crippen molar-refractivity contribution in [2.45, 2.75) is 30.7 Å². The van der Waals surface area contributed by atoms with Gasteiger partial charge in [0.2, 0.25) is 5.89 Å². The second-order valence-corrected chi connectivity index (χ2v) is 7.28. The topological polar surface area (TPSA) is 56.0 Å². The van der Waals surface area contributed by atoms with Crippen LogP contribution in [0.2, 0.25) is 5.02 Å². The van der Waals surface area contributed by atoms with Crippen molar-refractivity contribution in [2.24, 2.45) is 0 Å². The number of Topliss-reactive ketones (excluding diaryl/α,β-unsaturated/α-hetero) is 1. The van der Waals surface area contributed by atoms with Crippen molar-refractivity contribution < 1.29 is 9.21 Å². The molecule has 0 aliphatic rings. The van der Waals surface area contributed by atoms with Gasteiger partial charge in [-0.2, -0.15) is 0 Å². The first-order valence-corrected chi connectivity index (χ1v) is 9.22. The first-order valence-electron chi connectivity index (χ1n) is 7.96. The van der Waals surface area contributed by atoms with Crippen LogP contribution < -0.4 is 0 Å². The molecule has 0 saturated heterocycles. The molecule has 0 aliphatic carbocycles. The van der Waals surface area contributed by atoms with E-state index in [2.05, 4.69) is 17.1 Å². The summed E-state index contributed by atoms with van der Waals surface area (Å²) in [6.45, 7) is 3.93. The van der Waals surface area contributed by atoms with Crippen LogP contribution in [0.1, 0.15) is 29.8 Å². The Kier molecular flexibility index (Phi) is 5.56. The minimum atomic E-state index is -0.314. The minimum absolute atomic E-state index is 0.0406. The molecule has 0 bridgehead atoms. The molecule has 128 valence electrons. The number of carbonyl (C=O) groups is 1. The Balaban J connectivity index is 1.69. The van der Waals surface area contributed by atoms with E-state index < -0.39 is 0 Å². The van der Waals surface area contributed by atoms with Crippen LogP contribution >= 0.6 is 23.4 Å². The first kappa shape index (κ1) is 17.7. The van der Waals surface area contributed by atoms with E-state index in [1.165, 1.54) is 17.3 Å². The van der Waals surface area contributed by atoms with Crippen LogP contribution in [0.5, 0.6) is 0 Å². The average molecular weight is 373 g/mol. The molecule has 0 unspecified atom stereocenters. The van der Waals surface area contributed by atoms with Crippen LogP contribution in [0.25, 0.3) is 11.5 Å². The van der Waals surface area contributed by atoms with E-state index in [-0.39, 0.29) is 11.0 Å². The predicted octanol–water partition coefficient (Wildman–Crippen LogP) is 5.32. The lowest BCUT2D eigenvalue weighted by molar-refractivity contribution is 0.0993. The number of nitrogens with zero attached hydrogens (tertiary/aromatic N) is 2. The van der Waals surface area contributed by atoms with Gasteiger partial charge in [0.1, 0.15) is 0 Å². The highest BCUT2D eigenvalue weighted by Crippen LogP contribution is 2.28. The van der Waals surface area contributed by atoms with Crippen molar-refractivity contribution in [1.29, 1.82) is 0 Å². The maximum absolute atomic E-state index is 12.5. The van der Waals surface area contributed by atoms with Gasteiger partial charge in [-0.1, -0.05) is 54.6 Å². The molecule has 2 aromatic carbocycles. The van der Waals surface area contributed by atoms with Crippen LogP contribution in [-0.2, 0) is 6.42 Å². The number of ketones is 1. The highest BCUT2D eigenvalue weighted by molar-refractivity contribution is 8.00. The SMILES string of the molecule is CCc1ccc(C(=O)[C@@H](C)Sc2nnc(-c3ccc(Cl)cc3)o2)cc1. The average Bonchev–Trinajstić information content (AvgIpc) is 3.10. The van der Waals surface area contributed by atoms with Gasteiger partial charge in [-0.25, -0.2) is 0 Å². The second kappa shape index (κ2) is 7.85. The fourth-order valence-corrected chi connectivity index (χ4v) is 3.20. The van der Waals surface area contributed by atoms with Crippen molar-refractivity contribution in [3.8, 4) is 11.5 Å². The Morgan fingerprint density at radius 3 is 2.44 bits per heavy atom. The number of halogens is 1. The van der Waals surface area contributed by atoms with E-state index in [1.54, 1.807) is 12.1 Å². The van der Waals surface area contributed by atoms with E-state index in [0.717, 1.165) is 12.0 Å². The molecule has 1 heterocycles. The van der Waals surface area contributed by atoms with E-state index in [0.29, 0.717) is 21.7 Å².